The maximum atomic E-state index is 8.78. The van der Waals surface area contributed by atoms with Gasteiger partial charge in [-0.2, -0.15) is 0 Å². The maximum absolute atomic E-state index is 8.78. The number of aliphatic hydroxyl groups excluding tert-OH is 1. The largest absolute Gasteiger partial charge is 0.396 e. The number of nitrogens with zero attached hydrogens (tertiary/aromatic N) is 2. The molecule has 86 valence electrons. The first-order valence-electron chi connectivity index (χ1n) is 5.56. The predicted molar refractivity (Wildman–Crippen MR) is 64.1 cm³/mol. The molecule has 1 rings (SSSR count). The molecule has 1 N–H and O–H groups in total. The van der Waals surface area contributed by atoms with Gasteiger partial charge in [0.15, 0.2) is 0 Å². The molecule has 1 aromatic heterocycles. The molecule has 0 bridgehead atoms. The fourth-order valence-corrected chi connectivity index (χ4v) is 2.19. The van der Waals surface area contributed by atoms with Gasteiger partial charge >= 0.3 is 0 Å². The summed E-state index contributed by atoms with van der Waals surface area (Å²) in [6.45, 7) is 7.42. The van der Waals surface area contributed by atoms with Crippen molar-refractivity contribution in [3.8, 4) is 0 Å². The van der Waals surface area contributed by atoms with Crippen LogP contribution in [0.25, 0.3) is 0 Å². The zero-order valence-corrected chi connectivity index (χ0v) is 10.4. The van der Waals surface area contributed by atoms with Crippen molar-refractivity contribution in [1.82, 2.24) is 9.88 Å². The van der Waals surface area contributed by atoms with Gasteiger partial charge in [0.1, 0.15) is 0 Å². The number of aryl methyl sites for hydroxylation is 1. The Balaban J connectivity index is 2.43. The Morgan fingerprint density at radius 3 is 2.80 bits per heavy atom. The zero-order valence-electron chi connectivity index (χ0n) is 9.57. The quantitative estimate of drug-likeness (QED) is 0.774. The molecule has 0 saturated carbocycles. The van der Waals surface area contributed by atoms with Crippen LogP contribution in [-0.4, -0.2) is 34.7 Å². The Morgan fingerprint density at radius 1 is 1.47 bits per heavy atom. The molecule has 0 aliphatic rings. The Bertz CT molecular complexity index is 275. The minimum absolute atomic E-state index is 0.272. The Labute approximate surface area is 95.8 Å². The standard InChI is InChI=1S/C11H20N2OS/c1-3-11-12-10(9-15-11)8-13(4-2)6-5-7-14/h9,14H,3-8H2,1-2H3. The second-order valence-corrected chi connectivity index (χ2v) is 4.47. The molecule has 0 unspecified atom stereocenters. The third kappa shape index (κ3) is 4.28. The van der Waals surface area contributed by atoms with Gasteiger partial charge in [0, 0.05) is 25.1 Å². The van der Waals surface area contributed by atoms with E-state index in [1.54, 1.807) is 11.3 Å². The summed E-state index contributed by atoms with van der Waals surface area (Å²) < 4.78 is 0. The van der Waals surface area contributed by atoms with Crippen molar-refractivity contribution in [3.05, 3.63) is 16.1 Å². The Morgan fingerprint density at radius 2 is 2.27 bits per heavy atom. The van der Waals surface area contributed by atoms with Crippen LogP contribution in [0.5, 0.6) is 0 Å². The average Bonchev–Trinajstić information content (AvgIpc) is 2.71. The third-order valence-corrected chi connectivity index (χ3v) is 3.41. The highest BCUT2D eigenvalue weighted by Gasteiger charge is 2.06. The molecule has 0 aromatic carbocycles. The van der Waals surface area contributed by atoms with Crippen LogP contribution in [0.1, 0.15) is 31.0 Å². The number of hydrogen-bond donors (Lipinski definition) is 1. The lowest BCUT2D eigenvalue weighted by atomic mass is 10.3. The van der Waals surface area contributed by atoms with Gasteiger partial charge in [-0.15, -0.1) is 11.3 Å². The number of hydrogen-bond acceptors (Lipinski definition) is 4. The lowest BCUT2D eigenvalue weighted by molar-refractivity contribution is 0.224. The van der Waals surface area contributed by atoms with Gasteiger partial charge in [0.2, 0.25) is 0 Å². The van der Waals surface area contributed by atoms with Gasteiger partial charge in [0.05, 0.1) is 10.7 Å². The van der Waals surface area contributed by atoms with Crippen LogP contribution in [0, 0.1) is 0 Å². The molecule has 0 saturated heterocycles. The summed E-state index contributed by atoms with van der Waals surface area (Å²) in [6, 6.07) is 0. The molecule has 0 spiro atoms. The van der Waals surface area contributed by atoms with Crippen molar-refractivity contribution in [2.75, 3.05) is 19.7 Å². The molecule has 4 heteroatoms. The van der Waals surface area contributed by atoms with Crippen molar-refractivity contribution < 1.29 is 5.11 Å². The lowest BCUT2D eigenvalue weighted by Crippen LogP contribution is -2.24. The van der Waals surface area contributed by atoms with Crippen LogP contribution in [0.15, 0.2) is 5.38 Å². The van der Waals surface area contributed by atoms with E-state index in [4.69, 9.17) is 5.11 Å². The van der Waals surface area contributed by atoms with E-state index in [1.165, 1.54) is 5.01 Å². The predicted octanol–water partition coefficient (Wildman–Crippen LogP) is 1.91. The molecule has 15 heavy (non-hydrogen) atoms. The van der Waals surface area contributed by atoms with Gasteiger partial charge < -0.3 is 5.11 Å². The van der Waals surface area contributed by atoms with Crippen LogP contribution in [0.4, 0.5) is 0 Å². The minimum Gasteiger partial charge on any atom is -0.396 e. The van der Waals surface area contributed by atoms with Crippen molar-refractivity contribution in [3.63, 3.8) is 0 Å². The molecule has 0 fully saturated rings. The number of thiazole rings is 1. The Kier molecular flexibility index (Phi) is 5.83. The Hall–Kier alpha value is -0.450. The molecule has 0 amide bonds. The molecule has 0 aliphatic heterocycles. The van der Waals surface area contributed by atoms with Crippen LogP contribution in [0.2, 0.25) is 0 Å². The molecule has 1 heterocycles. The van der Waals surface area contributed by atoms with Crippen molar-refractivity contribution in [1.29, 1.82) is 0 Å². The number of aliphatic hydroxyl groups is 1. The summed E-state index contributed by atoms with van der Waals surface area (Å²) in [5.41, 5.74) is 1.16. The molecule has 1 aromatic rings. The smallest absolute Gasteiger partial charge is 0.0926 e. The normalized spacial score (nSPS) is 11.2. The summed E-state index contributed by atoms with van der Waals surface area (Å²) in [7, 11) is 0. The second kappa shape index (κ2) is 6.93. The first kappa shape index (κ1) is 12.6. The van der Waals surface area contributed by atoms with E-state index in [-0.39, 0.29) is 6.61 Å². The summed E-state index contributed by atoms with van der Waals surface area (Å²) in [5, 5.41) is 12.1. The van der Waals surface area contributed by atoms with Gasteiger partial charge in [-0.1, -0.05) is 13.8 Å². The van der Waals surface area contributed by atoms with Gasteiger partial charge in [-0.25, -0.2) is 4.98 Å². The van der Waals surface area contributed by atoms with E-state index in [0.717, 1.165) is 38.2 Å². The summed E-state index contributed by atoms with van der Waals surface area (Å²) in [6.07, 6.45) is 1.87. The second-order valence-electron chi connectivity index (χ2n) is 3.53. The zero-order chi connectivity index (χ0) is 11.1. The van der Waals surface area contributed by atoms with Crippen LogP contribution < -0.4 is 0 Å². The summed E-state index contributed by atoms with van der Waals surface area (Å²) in [5.74, 6) is 0. The van der Waals surface area contributed by atoms with Crippen molar-refractivity contribution in [2.45, 2.75) is 33.2 Å². The fraction of sp³-hybridized carbons (Fsp3) is 0.727. The van der Waals surface area contributed by atoms with E-state index < -0.39 is 0 Å². The van der Waals surface area contributed by atoms with Gasteiger partial charge in [-0.3, -0.25) is 4.90 Å². The minimum atomic E-state index is 0.272. The van der Waals surface area contributed by atoms with Crippen LogP contribution in [0.3, 0.4) is 0 Å². The fourth-order valence-electron chi connectivity index (χ4n) is 1.46. The molecular formula is C11H20N2OS. The molecule has 3 nitrogen and oxygen atoms in total. The van der Waals surface area contributed by atoms with E-state index >= 15 is 0 Å². The highest BCUT2D eigenvalue weighted by molar-refractivity contribution is 7.09. The van der Waals surface area contributed by atoms with Crippen LogP contribution >= 0.6 is 11.3 Å². The van der Waals surface area contributed by atoms with Crippen molar-refractivity contribution >= 4 is 11.3 Å². The highest BCUT2D eigenvalue weighted by Crippen LogP contribution is 2.12. The van der Waals surface area contributed by atoms with Gasteiger partial charge in [0.25, 0.3) is 0 Å². The third-order valence-electron chi connectivity index (χ3n) is 2.37. The van der Waals surface area contributed by atoms with E-state index in [2.05, 4.69) is 29.1 Å². The molecule has 0 aliphatic carbocycles. The lowest BCUT2D eigenvalue weighted by Gasteiger charge is -2.18. The monoisotopic (exact) mass is 228 g/mol. The van der Waals surface area contributed by atoms with Gasteiger partial charge in [-0.05, 0) is 19.4 Å². The van der Waals surface area contributed by atoms with Crippen LogP contribution in [-0.2, 0) is 13.0 Å². The number of rotatable bonds is 7. The summed E-state index contributed by atoms with van der Waals surface area (Å²) >= 11 is 1.74. The van der Waals surface area contributed by atoms with E-state index in [1.807, 2.05) is 0 Å². The molecule has 0 radical (unpaired) electrons. The molecule has 0 atom stereocenters. The van der Waals surface area contributed by atoms with E-state index in [9.17, 15) is 0 Å². The highest BCUT2D eigenvalue weighted by atomic mass is 32.1. The van der Waals surface area contributed by atoms with E-state index in [0.29, 0.717) is 0 Å². The average molecular weight is 228 g/mol. The summed E-state index contributed by atoms with van der Waals surface area (Å²) in [4.78, 5) is 6.85. The van der Waals surface area contributed by atoms with Crippen molar-refractivity contribution in [2.24, 2.45) is 0 Å². The topological polar surface area (TPSA) is 36.4 Å². The first-order valence-corrected chi connectivity index (χ1v) is 6.44. The maximum Gasteiger partial charge on any atom is 0.0926 e. The number of aromatic nitrogens is 1. The molecular weight excluding hydrogens is 208 g/mol. The first-order chi connectivity index (χ1) is 7.30. The SMILES string of the molecule is CCc1nc(CN(CC)CCCO)cs1.